The number of halogens is 1. The van der Waals surface area contributed by atoms with E-state index in [4.69, 9.17) is 10.1 Å². The van der Waals surface area contributed by atoms with Gasteiger partial charge in [0, 0.05) is 11.3 Å². The van der Waals surface area contributed by atoms with Crippen molar-refractivity contribution >= 4 is 27.3 Å². The van der Waals surface area contributed by atoms with Gasteiger partial charge in [-0.3, -0.25) is 10.2 Å². The van der Waals surface area contributed by atoms with E-state index in [1.54, 1.807) is 13.8 Å². The van der Waals surface area contributed by atoms with Gasteiger partial charge in [-0.25, -0.2) is 22.8 Å². The molecule has 12 heteroatoms. The number of hydrogen-bond acceptors (Lipinski definition) is 8. The van der Waals surface area contributed by atoms with Crippen molar-refractivity contribution in [2.45, 2.75) is 37.0 Å². The third kappa shape index (κ3) is 4.36. The Bertz CT molecular complexity index is 1290. The van der Waals surface area contributed by atoms with Crippen molar-refractivity contribution in [2.75, 3.05) is 38.3 Å². The lowest BCUT2D eigenvalue weighted by Crippen LogP contribution is -2.68. The van der Waals surface area contributed by atoms with Crippen molar-refractivity contribution in [1.29, 1.82) is 5.41 Å². The number of rotatable bonds is 4. The van der Waals surface area contributed by atoms with Crippen LogP contribution in [0.4, 0.5) is 10.1 Å². The van der Waals surface area contributed by atoms with Gasteiger partial charge < -0.3 is 20.3 Å². The number of nitrogens with one attached hydrogen (secondary N) is 3. The number of nitrogens with zero attached hydrogens (tertiary/aromatic N) is 3. The van der Waals surface area contributed by atoms with Crippen molar-refractivity contribution in [1.82, 2.24) is 20.2 Å². The Labute approximate surface area is 203 Å². The Morgan fingerprint density at radius 3 is 2.60 bits per heavy atom. The van der Waals surface area contributed by atoms with Crippen LogP contribution in [-0.2, 0) is 15.4 Å². The predicted molar refractivity (Wildman–Crippen MR) is 129 cm³/mol. The molecular weight excluding hydrogens is 475 g/mol. The van der Waals surface area contributed by atoms with Crippen LogP contribution < -0.4 is 15.4 Å². The fraction of sp³-hybridized carbons (Fsp3) is 0.478. The van der Waals surface area contributed by atoms with Crippen LogP contribution in [0.25, 0.3) is 0 Å². The highest BCUT2D eigenvalue weighted by Crippen LogP contribution is 2.41. The van der Waals surface area contributed by atoms with E-state index in [0.717, 1.165) is 0 Å². The van der Waals surface area contributed by atoms with Gasteiger partial charge in [-0.05, 0) is 65.0 Å². The molecule has 0 saturated carbocycles. The average molecular weight is 505 g/mol. The molecule has 3 N–H and O–H groups in total. The summed E-state index contributed by atoms with van der Waals surface area (Å²) in [5.41, 5.74) is -0.648. The molecule has 1 atom stereocenters. The lowest BCUT2D eigenvalue weighted by Gasteiger charge is -2.49. The molecule has 0 radical (unpaired) electrons. The number of amides is 1. The standard InChI is InChI=1S/C23H29FN6O4S/c1-14-19(26-12-18(27-14)34-4)20(31)28-15-5-6-17(24)16(11-15)22(2)13-35(32,33)23(21(25)29-22)7-9-30(3)10-8-23/h5-6,11-12H,7-10,13H2,1-4H3,(H2,25,29)(H,28,31)/t22-/m0/s1. The molecule has 2 saturated heterocycles. The van der Waals surface area contributed by atoms with Crippen LogP contribution in [0.3, 0.4) is 0 Å². The maximum atomic E-state index is 15.0. The minimum absolute atomic E-state index is 0.0453. The summed E-state index contributed by atoms with van der Waals surface area (Å²) in [7, 11) is -0.424. The Kier molecular flexibility index (Phi) is 6.30. The summed E-state index contributed by atoms with van der Waals surface area (Å²) in [6.07, 6.45) is 1.95. The molecule has 10 nitrogen and oxygen atoms in total. The molecule has 0 aliphatic carbocycles. The third-order valence-electron chi connectivity index (χ3n) is 6.89. The predicted octanol–water partition coefficient (Wildman–Crippen LogP) is 1.86. The normalized spacial score (nSPS) is 23.5. The Morgan fingerprint density at radius 1 is 1.31 bits per heavy atom. The number of ether oxygens (including phenoxy) is 1. The quantitative estimate of drug-likeness (QED) is 0.574. The van der Waals surface area contributed by atoms with Gasteiger partial charge in [0.25, 0.3) is 5.91 Å². The number of likely N-dealkylation sites (tertiary alicyclic amines) is 1. The van der Waals surface area contributed by atoms with Gasteiger partial charge in [-0.2, -0.15) is 0 Å². The van der Waals surface area contributed by atoms with Crippen molar-refractivity contribution in [3.05, 3.63) is 47.2 Å². The molecule has 2 fully saturated rings. The van der Waals surface area contributed by atoms with Gasteiger partial charge in [0.2, 0.25) is 5.88 Å². The molecule has 2 aromatic rings. The number of aryl methyl sites for hydroxylation is 1. The fourth-order valence-electron chi connectivity index (χ4n) is 4.78. The number of sulfone groups is 1. The van der Waals surface area contributed by atoms with E-state index in [2.05, 4.69) is 20.6 Å². The maximum absolute atomic E-state index is 15.0. The zero-order chi connectivity index (χ0) is 25.6. The molecule has 2 aliphatic rings. The first-order chi connectivity index (χ1) is 16.4. The highest BCUT2D eigenvalue weighted by atomic mass is 32.2. The number of carbonyl (C=O) groups excluding carboxylic acids is 1. The first-order valence-electron chi connectivity index (χ1n) is 11.2. The molecule has 2 aliphatic heterocycles. The first kappa shape index (κ1) is 25.0. The lowest BCUT2D eigenvalue weighted by atomic mass is 9.88. The van der Waals surface area contributed by atoms with Crippen molar-refractivity contribution in [3.63, 3.8) is 0 Å². The molecule has 1 aromatic carbocycles. The van der Waals surface area contributed by atoms with Gasteiger partial charge in [0.15, 0.2) is 9.84 Å². The SMILES string of the molecule is COc1cnc(C(=O)Nc2ccc(F)c([C@]3(C)CS(=O)(=O)C4(CCN(C)CC4)C(=N)N3)c2)c(C)n1. The highest BCUT2D eigenvalue weighted by Gasteiger charge is 2.57. The Balaban J connectivity index is 1.62. The number of amidine groups is 1. The molecular formula is C23H29FN6O4S. The largest absolute Gasteiger partial charge is 0.480 e. The molecule has 35 heavy (non-hydrogen) atoms. The van der Waals surface area contributed by atoms with Crippen LogP contribution in [-0.4, -0.2) is 72.8 Å². The van der Waals surface area contributed by atoms with Crippen LogP contribution in [0.2, 0.25) is 0 Å². The molecule has 0 bridgehead atoms. The van der Waals surface area contributed by atoms with Gasteiger partial charge in [-0.15, -0.1) is 0 Å². The zero-order valence-corrected chi connectivity index (χ0v) is 20.9. The smallest absolute Gasteiger partial charge is 0.276 e. The van der Waals surface area contributed by atoms with Crippen LogP contribution >= 0.6 is 0 Å². The number of piperidine rings is 1. The summed E-state index contributed by atoms with van der Waals surface area (Å²) < 4.78 is 45.7. The highest BCUT2D eigenvalue weighted by molar-refractivity contribution is 7.93. The summed E-state index contributed by atoms with van der Waals surface area (Å²) in [5, 5.41) is 14.3. The van der Waals surface area contributed by atoms with E-state index >= 15 is 4.39 Å². The first-order valence-corrected chi connectivity index (χ1v) is 12.8. The van der Waals surface area contributed by atoms with Gasteiger partial charge in [-0.1, -0.05) is 0 Å². The minimum atomic E-state index is -3.78. The molecule has 3 heterocycles. The number of anilines is 1. The summed E-state index contributed by atoms with van der Waals surface area (Å²) >= 11 is 0. The molecule has 188 valence electrons. The number of aromatic nitrogens is 2. The molecule has 1 spiro atoms. The summed E-state index contributed by atoms with van der Waals surface area (Å²) in [5.74, 6) is -1.41. The van der Waals surface area contributed by atoms with Crippen LogP contribution in [0, 0.1) is 18.2 Å². The second-order valence-electron chi connectivity index (χ2n) is 9.38. The van der Waals surface area contributed by atoms with Gasteiger partial charge in [0.1, 0.15) is 22.1 Å². The summed E-state index contributed by atoms with van der Waals surface area (Å²) in [4.78, 5) is 23.0. The number of carbonyl (C=O) groups is 1. The second kappa shape index (κ2) is 8.83. The van der Waals surface area contributed by atoms with Crippen molar-refractivity contribution in [3.8, 4) is 5.88 Å². The number of benzene rings is 1. The fourth-order valence-corrected chi connectivity index (χ4v) is 7.21. The average Bonchev–Trinajstić information content (AvgIpc) is 2.79. The Hall–Kier alpha value is -3.12. The van der Waals surface area contributed by atoms with E-state index in [-0.39, 0.29) is 34.4 Å². The van der Waals surface area contributed by atoms with Crippen molar-refractivity contribution in [2.24, 2.45) is 0 Å². The van der Waals surface area contributed by atoms with Crippen LogP contribution in [0.1, 0.15) is 41.5 Å². The second-order valence-corrected chi connectivity index (χ2v) is 11.7. The van der Waals surface area contributed by atoms with Crippen LogP contribution in [0.15, 0.2) is 24.4 Å². The monoisotopic (exact) mass is 504 g/mol. The Morgan fingerprint density at radius 2 is 2.00 bits per heavy atom. The van der Waals surface area contributed by atoms with E-state index in [0.29, 0.717) is 31.6 Å². The van der Waals surface area contributed by atoms with Gasteiger partial charge in [0.05, 0.1) is 30.3 Å². The van der Waals surface area contributed by atoms with Gasteiger partial charge >= 0.3 is 0 Å². The van der Waals surface area contributed by atoms with E-state index in [1.807, 2.05) is 11.9 Å². The minimum Gasteiger partial charge on any atom is -0.480 e. The molecule has 0 unspecified atom stereocenters. The van der Waals surface area contributed by atoms with E-state index in [9.17, 15) is 13.2 Å². The third-order valence-corrected chi connectivity index (χ3v) is 9.65. The van der Waals surface area contributed by atoms with E-state index in [1.165, 1.54) is 31.5 Å². The molecule has 4 rings (SSSR count). The van der Waals surface area contributed by atoms with Crippen LogP contribution in [0.5, 0.6) is 5.88 Å². The summed E-state index contributed by atoms with van der Waals surface area (Å²) in [6.45, 7) is 4.29. The molecule has 1 amide bonds. The topological polar surface area (TPSA) is 137 Å². The maximum Gasteiger partial charge on any atom is 0.276 e. The lowest BCUT2D eigenvalue weighted by molar-refractivity contribution is 0.102. The van der Waals surface area contributed by atoms with E-state index < -0.39 is 31.8 Å². The number of hydrogen-bond donors (Lipinski definition) is 3. The summed E-state index contributed by atoms with van der Waals surface area (Å²) in [6, 6.07) is 3.94. The molecule has 1 aromatic heterocycles. The number of methoxy groups -OCH3 is 1. The zero-order valence-electron chi connectivity index (χ0n) is 20.1. The van der Waals surface area contributed by atoms with Crippen molar-refractivity contribution < 1.29 is 22.3 Å².